The molecule has 0 aliphatic heterocycles. The van der Waals surface area contributed by atoms with Crippen LogP contribution in [-0.2, 0) is 9.84 Å². The van der Waals surface area contributed by atoms with Gasteiger partial charge in [0.1, 0.15) is 0 Å². The Balaban J connectivity index is 3.16. The Kier molecular flexibility index (Phi) is 4.29. The average molecular weight is 262 g/mol. The van der Waals surface area contributed by atoms with Crippen molar-refractivity contribution in [3.63, 3.8) is 0 Å². The molecular weight excluding hydrogens is 248 g/mol. The number of rotatable bonds is 4. The molecule has 0 fully saturated rings. The van der Waals surface area contributed by atoms with Gasteiger partial charge in [-0.3, -0.25) is 0 Å². The molecule has 18 heavy (non-hydrogen) atoms. The van der Waals surface area contributed by atoms with Gasteiger partial charge in [-0.1, -0.05) is 18.7 Å². The van der Waals surface area contributed by atoms with Gasteiger partial charge in [0.15, 0.2) is 9.84 Å². The number of hydrogen-bond acceptors (Lipinski definition) is 4. The minimum absolute atomic E-state index is 0.265. The average Bonchev–Trinajstić information content (AvgIpc) is 2.34. The number of nitrogens with one attached hydrogen (secondary N) is 1. The van der Waals surface area contributed by atoms with Crippen LogP contribution in [0.25, 0.3) is 5.70 Å². The van der Waals surface area contributed by atoms with Crippen LogP contribution in [0.3, 0.4) is 0 Å². The van der Waals surface area contributed by atoms with Crippen LogP contribution in [0.5, 0.6) is 0 Å². The lowest BCUT2D eigenvalue weighted by Gasteiger charge is -2.07. The van der Waals surface area contributed by atoms with Gasteiger partial charge in [0, 0.05) is 24.6 Å². The van der Waals surface area contributed by atoms with Gasteiger partial charge < -0.3 is 5.32 Å². The molecule has 0 heterocycles. The number of benzene rings is 1. The van der Waals surface area contributed by atoms with Gasteiger partial charge >= 0.3 is 0 Å². The zero-order valence-corrected chi connectivity index (χ0v) is 11.1. The molecule has 0 radical (unpaired) electrons. The fourth-order valence-corrected chi connectivity index (χ4v) is 2.02. The number of hydrogen-bond donors (Lipinski definition) is 1. The third-order valence-electron chi connectivity index (χ3n) is 2.32. The molecule has 5 heteroatoms. The van der Waals surface area contributed by atoms with E-state index in [1.54, 1.807) is 25.3 Å². The number of nitrogens with zero attached hydrogens (tertiary/aromatic N) is 1. The van der Waals surface area contributed by atoms with Crippen molar-refractivity contribution < 1.29 is 8.42 Å². The van der Waals surface area contributed by atoms with E-state index < -0.39 is 9.84 Å². The molecule has 0 atom stereocenters. The largest absolute Gasteiger partial charge is 0.388 e. The van der Waals surface area contributed by atoms with E-state index in [1.807, 2.05) is 6.07 Å². The quantitative estimate of drug-likeness (QED) is 0.662. The van der Waals surface area contributed by atoms with Crippen LogP contribution in [0.1, 0.15) is 5.56 Å². The highest BCUT2D eigenvalue weighted by atomic mass is 32.2. The van der Waals surface area contributed by atoms with Crippen molar-refractivity contribution in [3.05, 3.63) is 48.1 Å². The molecule has 0 bridgehead atoms. The van der Waals surface area contributed by atoms with Crippen LogP contribution in [0.4, 0.5) is 0 Å². The summed E-state index contributed by atoms with van der Waals surface area (Å²) >= 11 is 0. The zero-order valence-electron chi connectivity index (χ0n) is 10.3. The van der Waals surface area contributed by atoms with E-state index in [1.165, 1.54) is 12.1 Å². The second kappa shape index (κ2) is 5.52. The topological polar surface area (TPSA) is 70.0 Å². The standard InChI is InChI=1S/C13H14N2O2S/c1-10(9-14)8-13(15-2)11-4-6-12(7-5-11)18(3,16)17/h4-8,15H,1H2,2-3H3/b13-8-. The maximum absolute atomic E-state index is 11.3. The summed E-state index contributed by atoms with van der Waals surface area (Å²) < 4.78 is 22.6. The Hall–Kier alpha value is -2.06. The molecule has 1 rings (SSSR count). The predicted octanol–water partition coefficient (Wildman–Crippen LogP) is 1.73. The first-order chi connectivity index (χ1) is 8.38. The summed E-state index contributed by atoms with van der Waals surface area (Å²) in [6, 6.07) is 8.36. The second-order valence-corrected chi connectivity index (χ2v) is 5.76. The monoisotopic (exact) mass is 262 g/mol. The first kappa shape index (κ1) is 14.0. The van der Waals surface area contributed by atoms with Gasteiger partial charge in [-0.15, -0.1) is 0 Å². The van der Waals surface area contributed by atoms with E-state index in [-0.39, 0.29) is 4.90 Å². The van der Waals surface area contributed by atoms with E-state index in [0.717, 1.165) is 11.8 Å². The van der Waals surface area contributed by atoms with Gasteiger partial charge in [0.2, 0.25) is 0 Å². The van der Waals surface area contributed by atoms with E-state index in [2.05, 4.69) is 11.9 Å². The minimum Gasteiger partial charge on any atom is -0.388 e. The SMILES string of the molecule is C=C(C#N)/C=C(\NC)c1ccc(S(C)(=O)=O)cc1. The summed E-state index contributed by atoms with van der Waals surface area (Å²) in [5.41, 5.74) is 1.83. The Morgan fingerprint density at radius 1 is 1.39 bits per heavy atom. The van der Waals surface area contributed by atoms with Gasteiger partial charge in [-0.2, -0.15) is 5.26 Å². The van der Waals surface area contributed by atoms with Crippen molar-refractivity contribution in [2.24, 2.45) is 0 Å². The summed E-state index contributed by atoms with van der Waals surface area (Å²) in [6.45, 7) is 3.57. The zero-order chi connectivity index (χ0) is 13.8. The van der Waals surface area contributed by atoms with E-state index >= 15 is 0 Å². The number of sulfone groups is 1. The van der Waals surface area contributed by atoms with Gasteiger partial charge in [0.25, 0.3) is 0 Å². The van der Waals surface area contributed by atoms with Crippen molar-refractivity contribution in [1.29, 1.82) is 5.26 Å². The highest BCUT2D eigenvalue weighted by molar-refractivity contribution is 7.90. The van der Waals surface area contributed by atoms with Crippen molar-refractivity contribution in [2.75, 3.05) is 13.3 Å². The predicted molar refractivity (Wildman–Crippen MR) is 71.3 cm³/mol. The fraction of sp³-hybridized carbons (Fsp3) is 0.154. The Labute approximate surface area is 107 Å². The lowest BCUT2D eigenvalue weighted by atomic mass is 10.1. The molecule has 0 aromatic heterocycles. The molecule has 0 spiro atoms. The first-order valence-corrected chi connectivity index (χ1v) is 7.06. The molecule has 0 amide bonds. The molecule has 0 aliphatic rings. The van der Waals surface area contributed by atoms with Gasteiger partial charge in [0.05, 0.1) is 11.0 Å². The lowest BCUT2D eigenvalue weighted by molar-refractivity contribution is 0.602. The Bertz CT molecular complexity index is 620. The molecular formula is C13H14N2O2S. The molecule has 0 unspecified atom stereocenters. The van der Waals surface area contributed by atoms with Crippen LogP contribution in [0, 0.1) is 11.3 Å². The van der Waals surface area contributed by atoms with Crippen LogP contribution in [-0.4, -0.2) is 21.7 Å². The molecule has 1 N–H and O–H groups in total. The summed E-state index contributed by atoms with van der Waals surface area (Å²) in [5.74, 6) is 0. The van der Waals surface area contributed by atoms with Crippen molar-refractivity contribution in [1.82, 2.24) is 5.32 Å². The Morgan fingerprint density at radius 2 is 1.94 bits per heavy atom. The summed E-state index contributed by atoms with van der Waals surface area (Å²) in [5, 5.41) is 11.6. The number of nitriles is 1. The summed E-state index contributed by atoms with van der Waals surface area (Å²) in [7, 11) is -1.47. The molecule has 0 saturated carbocycles. The summed E-state index contributed by atoms with van der Waals surface area (Å²) in [4.78, 5) is 0.265. The molecule has 1 aromatic carbocycles. The maximum atomic E-state index is 11.3. The molecule has 1 aromatic rings. The smallest absolute Gasteiger partial charge is 0.175 e. The molecule has 0 aliphatic carbocycles. The molecule has 0 saturated heterocycles. The van der Waals surface area contributed by atoms with Gasteiger partial charge in [-0.05, 0) is 23.8 Å². The molecule has 4 nitrogen and oxygen atoms in total. The van der Waals surface area contributed by atoms with E-state index in [4.69, 9.17) is 5.26 Å². The van der Waals surface area contributed by atoms with Crippen LogP contribution < -0.4 is 5.32 Å². The van der Waals surface area contributed by atoms with Crippen molar-refractivity contribution >= 4 is 15.5 Å². The highest BCUT2D eigenvalue weighted by Crippen LogP contribution is 2.16. The number of allylic oxidation sites excluding steroid dienone is 2. The van der Waals surface area contributed by atoms with E-state index in [0.29, 0.717) is 11.3 Å². The van der Waals surface area contributed by atoms with Crippen molar-refractivity contribution in [3.8, 4) is 6.07 Å². The van der Waals surface area contributed by atoms with Crippen LogP contribution in [0.15, 0.2) is 47.4 Å². The third-order valence-corrected chi connectivity index (χ3v) is 3.45. The maximum Gasteiger partial charge on any atom is 0.175 e. The van der Waals surface area contributed by atoms with Gasteiger partial charge in [-0.25, -0.2) is 8.42 Å². The second-order valence-electron chi connectivity index (χ2n) is 3.74. The molecule has 94 valence electrons. The Morgan fingerprint density at radius 3 is 2.33 bits per heavy atom. The minimum atomic E-state index is -3.19. The van der Waals surface area contributed by atoms with Crippen LogP contribution >= 0.6 is 0 Å². The third kappa shape index (κ3) is 3.47. The highest BCUT2D eigenvalue weighted by Gasteiger charge is 2.07. The lowest BCUT2D eigenvalue weighted by Crippen LogP contribution is -2.05. The summed E-state index contributed by atoms with van der Waals surface area (Å²) in [6.07, 6.45) is 2.77. The van der Waals surface area contributed by atoms with Crippen LogP contribution in [0.2, 0.25) is 0 Å². The first-order valence-electron chi connectivity index (χ1n) is 5.17. The van der Waals surface area contributed by atoms with E-state index in [9.17, 15) is 8.42 Å². The fourth-order valence-electron chi connectivity index (χ4n) is 1.39. The van der Waals surface area contributed by atoms with Crippen molar-refractivity contribution in [2.45, 2.75) is 4.90 Å². The normalized spacial score (nSPS) is 11.7.